The van der Waals surface area contributed by atoms with Crippen LogP contribution in [0.5, 0.6) is 5.75 Å². The topological polar surface area (TPSA) is 160 Å². The van der Waals surface area contributed by atoms with Crippen molar-refractivity contribution in [2.24, 2.45) is 36.1 Å². The van der Waals surface area contributed by atoms with E-state index in [9.17, 15) is 8.78 Å². The second kappa shape index (κ2) is 33.6. The van der Waals surface area contributed by atoms with Crippen LogP contribution in [0.2, 0.25) is 10.0 Å². The average Bonchev–Trinajstić information content (AvgIpc) is 2.19. The van der Waals surface area contributed by atoms with Crippen molar-refractivity contribution >= 4 is 63.2 Å². The van der Waals surface area contributed by atoms with E-state index in [-0.39, 0.29) is 40.7 Å². The van der Waals surface area contributed by atoms with Gasteiger partial charge in [-0.15, -0.1) is 0 Å². The summed E-state index contributed by atoms with van der Waals surface area (Å²) in [5, 5.41) is 28.7. The molecule has 0 amide bonds. The van der Waals surface area contributed by atoms with Gasteiger partial charge in [-0.3, -0.25) is 0 Å². The largest absolute Gasteiger partial charge is 0.496 e. The summed E-state index contributed by atoms with van der Waals surface area (Å²) in [5.41, 5.74) is 16.8. The Labute approximate surface area is 573 Å². The Hall–Kier alpha value is -8.93. The third-order valence-electron chi connectivity index (χ3n) is 16.7. The lowest BCUT2D eigenvalue weighted by atomic mass is 9.91. The van der Waals surface area contributed by atoms with E-state index in [2.05, 4.69) is 138 Å². The van der Waals surface area contributed by atoms with Crippen LogP contribution in [-0.2, 0) is 50.7 Å². The van der Waals surface area contributed by atoms with Crippen molar-refractivity contribution in [3.8, 4) is 5.75 Å². The lowest BCUT2D eigenvalue weighted by Gasteiger charge is -2.21. The Morgan fingerprint density at radius 2 is 0.635 bits per heavy atom. The number of methoxy groups -OCH3 is 1. The van der Waals surface area contributed by atoms with Crippen LogP contribution >= 0.6 is 23.2 Å². The molecule has 0 radical (unpaired) electrons. The van der Waals surface area contributed by atoms with E-state index in [1.165, 1.54) is 57.1 Å². The molecule has 14 rings (SSSR count). The summed E-state index contributed by atoms with van der Waals surface area (Å²) in [6.45, 7) is 26.2. The van der Waals surface area contributed by atoms with Crippen LogP contribution < -0.4 is 4.74 Å². The molecular formula is C77H87Cl2F2N7O8. The van der Waals surface area contributed by atoms with Crippen molar-refractivity contribution in [3.63, 3.8) is 0 Å². The highest BCUT2D eigenvalue weighted by Gasteiger charge is 2.37. The predicted octanol–water partition coefficient (Wildman–Crippen LogP) is 20.7. The fraction of sp³-hybridized carbons (Fsp3) is 0.364. The van der Waals surface area contributed by atoms with Gasteiger partial charge in [0.15, 0.2) is 41.2 Å². The van der Waals surface area contributed by atoms with Gasteiger partial charge in [-0.05, 0) is 154 Å². The highest BCUT2D eigenvalue weighted by atomic mass is 35.5. The van der Waals surface area contributed by atoms with Crippen molar-refractivity contribution in [2.45, 2.75) is 176 Å². The van der Waals surface area contributed by atoms with Gasteiger partial charge in [-0.2, -0.15) is 0 Å². The molecule has 0 saturated carbocycles. The number of benzene rings is 7. The second-order valence-electron chi connectivity index (χ2n) is 25.3. The van der Waals surface area contributed by atoms with Gasteiger partial charge in [0.1, 0.15) is 17.4 Å². The molecule has 7 atom stereocenters. The zero-order valence-electron chi connectivity index (χ0n) is 57.3. The minimum Gasteiger partial charge on any atom is -0.496 e. The molecule has 0 N–H and O–H groups in total. The Morgan fingerprint density at radius 1 is 0.344 bits per heavy atom. The van der Waals surface area contributed by atoms with Gasteiger partial charge in [0.25, 0.3) is 0 Å². The molecule has 15 nitrogen and oxygen atoms in total. The first-order valence-electron chi connectivity index (χ1n) is 32.0. The number of halogens is 4. The van der Waals surface area contributed by atoms with E-state index in [1.54, 1.807) is 26.2 Å². The van der Waals surface area contributed by atoms with Gasteiger partial charge >= 0.3 is 0 Å². The van der Waals surface area contributed by atoms with E-state index < -0.39 is 17.7 Å². The van der Waals surface area contributed by atoms with E-state index in [0.29, 0.717) is 16.5 Å². The first-order chi connectivity index (χ1) is 45.9. The molecule has 0 bridgehead atoms. The van der Waals surface area contributed by atoms with Crippen LogP contribution in [0, 0.1) is 32.4 Å². The van der Waals surface area contributed by atoms with Crippen LogP contribution in [0.3, 0.4) is 0 Å². The molecule has 4 unspecified atom stereocenters. The molecule has 96 heavy (non-hydrogen) atoms. The van der Waals surface area contributed by atoms with E-state index in [0.717, 1.165) is 95.4 Å². The van der Waals surface area contributed by atoms with E-state index in [4.69, 9.17) is 61.8 Å². The zero-order chi connectivity index (χ0) is 69.2. The van der Waals surface area contributed by atoms with E-state index >= 15 is 0 Å². The Balaban J connectivity index is 0.000000143. The number of nitrogens with zero attached hydrogens (tertiary/aromatic N) is 7. The number of hydrogen-bond donors (Lipinski definition) is 0. The Kier molecular flexibility index (Phi) is 25.5. The number of hydrogen-bond acceptors (Lipinski definition) is 15. The third kappa shape index (κ3) is 19.4. The summed E-state index contributed by atoms with van der Waals surface area (Å²) in [6.07, 6.45) is 5.03. The summed E-state index contributed by atoms with van der Waals surface area (Å²) in [4.78, 5) is 37.2. The van der Waals surface area contributed by atoms with Crippen LogP contribution in [0.15, 0.2) is 200 Å². The molecule has 506 valence electrons. The number of rotatable bonds is 8. The van der Waals surface area contributed by atoms with Crippen molar-refractivity contribution in [3.05, 3.63) is 241 Å². The van der Waals surface area contributed by atoms with Gasteiger partial charge in [0.2, 0.25) is 0 Å². The Morgan fingerprint density at radius 3 is 0.948 bits per heavy atom. The average molecular weight is 1350 g/mol. The number of aryl methyl sites for hydroxylation is 3. The maximum atomic E-state index is 13.3. The lowest BCUT2D eigenvalue weighted by molar-refractivity contribution is -0.00756. The minimum atomic E-state index is -0.615. The first-order valence-corrected chi connectivity index (χ1v) is 32.8. The normalized spacial score (nSPS) is 22.9. The molecule has 0 spiro atoms. The lowest BCUT2D eigenvalue weighted by Crippen LogP contribution is -2.20. The van der Waals surface area contributed by atoms with Crippen molar-refractivity contribution in [1.82, 2.24) is 0 Å². The van der Waals surface area contributed by atoms with Crippen LogP contribution in [0.4, 0.5) is 8.78 Å². The van der Waals surface area contributed by atoms with Crippen LogP contribution in [0.25, 0.3) is 0 Å². The summed E-state index contributed by atoms with van der Waals surface area (Å²) in [5.74, 6) is -0.287. The van der Waals surface area contributed by atoms with Crippen molar-refractivity contribution in [1.29, 1.82) is 0 Å². The maximum Gasteiger partial charge on any atom is 0.165 e. The molecule has 0 aromatic heterocycles. The molecule has 0 aliphatic carbocycles. The van der Waals surface area contributed by atoms with Gasteiger partial charge in [-0.25, -0.2) is 8.78 Å². The monoisotopic (exact) mass is 1350 g/mol. The molecule has 7 aliphatic heterocycles. The molecule has 0 saturated heterocycles. The van der Waals surface area contributed by atoms with Crippen LogP contribution in [0.1, 0.15) is 194 Å². The summed E-state index contributed by atoms with van der Waals surface area (Å²) in [7, 11) is 1.68. The SMILES string of the molecule is CC1=NOC(c2c(C)cccc2C)C1.CC1=NOC(c2c(Cl)cccc2Cl)C1.CC1=NOC(c2c(F)cccc2F)C1.CC1=NO[C@@](C)(c2ccccc2)C1.CC1=NO[C@@](C)(c2ccccc2)C1.CC1=NO[C@@](C)(c2ccccc2)C1.COc1cccc(C)c1C1CC(C)=NO1. The molecule has 7 heterocycles. The summed E-state index contributed by atoms with van der Waals surface area (Å²) in [6, 6.07) is 52.2. The van der Waals surface area contributed by atoms with E-state index in [1.807, 2.05) is 114 Å². The van der Waals surface area contributed by atoms with Gasteiger partial charge < -0.3 is 38.6 Å². The zero-order valence-corrected chi connectivity index (χ0v) is 58.8. The third-order valence-corrected chi connectivity index (χ3v) is 17.4. The highest BCUT2D eigenvalue weighted by molar-refractivity contribution is 6.36. The fourth-order valence-electron chi connectivity index (χ4n) is 11.9. The van der Waals surface area contributed by atoms with Gasteiger partial charge in [-0.1, -0.05) is 193 Å². The molecule has 19 heteroatoms. The molecule has 7 aromatic carbocycles. The summed E-state index contributed by atoms with van der Waals surface area (Å²) >= 11 is 12.1. The smallest absolute Gasteiger partial charge is 0.165 e. The molecule has 0 fully saturated rings. The molecule has 7 aromatic rings. The fourth-order valence-corrected chi connectivity index (χ4v) is 12.5. The molecular weight excluding hydrogens is 1260 g/mol. The Bertz CT molecular complexity index is 3600. The highest BCUT2D eigenvalue weighted by Crippen LogP contribution is 2.40. The number of ether oxygens (including phenoxy) is 1. The maximum absolute atomic E-state index is 13.3. The van der Waals surface area contributed by atoms with Crippen LogP contribution in [-0.4, -0.2) is 47.1 Å². The van der Waals surface area contributed by atoms with Crippen molar-refractivity contribution in [2.75, 3.05) is 7.11 Å². The van der Waals surface area contributed by atoms with Gasteiger partial charge in [0, 0.05) is 71.7 Å². The summed E-state index contributed by atoms with van der Waals surface area (Å²) < 4.78 is 31.9. The quantitative estimate of drug-likeness (QED) is 0.145. The molecule has 7 aliphatic rings. The minimum absolute atomic E-state index is 0.0150. The van der Waals surface area contributed by atoms with Gasteiger partial charge in [0.05, 0.1) is 52.7 Å². The standard InChI is InChI=1S/C12H15NO2.C12H15NO.3C11H13NO.C10H9Cl2NO.C10H9F2NO/c1-8-5-4-6-10(14-3)12(8)11-7-9(2)13-15-11;1-8-5-4-6-9(2)12(8)11-7-10(3)13-14-11;3*1-9-8-11(2,13-12-9)10-6-4-3-5-7-10;2*1-6-5-9(14-13-6)10-7(11)3-2-4-8(10)12/h4-6,11H,7H2,1-3H3;4-6,11H,7H2,1-3H3;3*3-7H,8H2,1-2H3;2*2-4,9H,5H2,1H3/t;;3*11-;;/m..111../s1. The second-order valence-corrected chi connectivity index (χ2v) is 26.2. The first kappa shape index (κ1) is 72.9. The van der Waals surface area contributed by atoms with Crippen molar-refractivity contribution < 1.29 is 47.4 Å². The predicted molar refractivity (Wildman–Crippen MR) is 380 cm³/mol. The number of oxime groups is 7.